The van der Waals surface area contributed by atoms with Crippen LogP contribution in [0.5, 0.6) is 0 Å². The van der Waals surface area contributed by atoms with Crippen molar-refractivity contribution in [2.75, 3.05) is 0 Å². The molecule has 0 aliphatic heterocycles. The number of carbonyl (C=O) groups excluding carboxylic acids is 2. The first kappa shape index (κ1) is 18.8. The van der Waals surface area contributed by atoms with Gasteiger partial charge in [0.25, 0.3) is 0 Å². The topological polar surface area (TPSA) is 34.1 Å². The summed E-state index contributed by atoms with van der Waals surface area (Å²) in [7, 11) is 0. The molecule has 0 saturated carbocycles. The predicted molar refractivity (Wildman–Crippen MR) is 119 cm³/mol. The molecule has 4 aromatic rings. The third kappa shape index (κ3) is 3.84. The Hall–Kier alpha value is -2.56. The zero-order chi connectivity index (χ0) is 19.7. The first-order chi connectivity index (χ1) is 13.5. The van der Waals surface area contributed by atoms with Crippen LogP contribution in [0.4, 0.5) is 0 Å². The number of fused-ring (bicyclic) bond motifs is 1. The zero-order valence-corrected chi connectivity index (χ0v) is 17.8. The van der Waals surface area contributed by atoms with E-state index in [9.17, 15) is 9.59 Å². The first-order valence-electron chi connectivity index (χ1n) is 8.66. The fourth-order valence-electron chi connectivity index (χ4n) is 3.06. The summed E-state index contributed by atoms with van der Waals surface area (Å²) in [5.41, 5.74) is 2.54. The maximum Gasteiger partial charge on any atom is 0.193 e. The molecule has 0 aliphatic rings. The Kier molecular flexibility index (Phi) is 5.25. The SMILES string of the molecule is O=C(c1ccc(Br)cc1)c1ccc2cc(C(=O)c3ccc(Br)cc3)ccc2c1. The summed E-state index contributed by atoms with van der Waals surface area (Å²) in [5.74, 6) is -0.0474. The van der Waals surface area contributed by atoms with Crippen molar-refractivity contribution in [3.63, 3.8) is 0 Å². The van der Waals surface area contributed by atoms with Crippen molar-refractivity contribution >= 4 is 54.2 Å². The third-order valence-electron chi connectivity index (χ3n) is 4.58. The lowest BCUT2D eigenvalue weighted by Gasteiger charge is -2.07. The van der Waals surface area contributed by atoms with E-state index >= 15 is 0 Å². The van der Waals surface area contributed by atoms with E-state index in [0.29, 0.717) is 22.3 Å². The molecule has 2 nitrogen and oxygen atoms in total. The van der Waals surface area contributed by atoms with Crippen LogP contribution >= 0.6 is 31.9 Å². The summed E-state index contributed by atoms with van der Waals surface area (Å²) in [6.45, 7) is 0. The molecule has 0 unspecified atom stereocenters. The van der Waals surface area contributed by atoms with Crippen LogP contribution in [0.2, 0.25) is 0 Å². The molecule has 0 aliphatic carbocycles. The van der Waals surface area contributed by atoms with Gasteiger partial charge in [-0.3, -0.25) is 9.59 Å². The van der Waals surface area contributed by atoms with E-state index in [-0.39, 0.29) is 11.6 Å². The van der Waals surface area contributed by atoms with Crippen molar-refractivity contribution in [3.8, 4) is 0 Å². The standard InChI is InChI=1S/C24H14Br2O2/c25-21-9-5-15(6-10-21)23(27)19-3-1-17-13-20(4-2-18(17)14-19)24(28)16-7-11-22(26)12-8-16/h1-14H. The highest BCUT2D eigenvalue weighted by Gasteiger charge is 2.12. The number of rotatable bonds is 4. The quantitative estimate of drug-likeness (QED) is 0.292. The molecular weight excluding hydrogens is 480 g/mol. The van der Waals surface area contributed by atoms with Crippen LogP contribution in [0.3, 0.4) is 0 Å². The van der Waals surface area contributed by atoms with E-state index in [1.165, 1.54) is 0 Å². The highest BCUT2D eigenvalue weighted by atomic mass is 79.9. The highest BCUT2D eigenvalue weighted by Crippen LogP contribution is 2.22. The minimum atomic E-state index is -0.0237. The Morgan fingerprint density at radius 3 is 1.14 bits per heavy atom. The molecule has 0 heterocycles. The number of benzene rings is 4. The van der Waals surface area contributed by atoms with E-state index in [4.69, 9.17) is 0 Å². The summed E-state index contributed by atoms with van der Waals surface area (Å²) in [6.07, 6.45) is 0. The molecule has 136 valence electrons. The molecule has 4 heteroatoms. The Morgan fingerprint density at radius 1 is 0.464 bits per heavy atom. The number of halogens is 2. The van der Waals surface area contributed by atoms with E-state index in [2.05, 4.69) is 31.9 Å². The predicted octanol–water partition coefficient (Wildman–Crippen LogP) is 6.83. The zero-order valence-electron chi connectivity index (χ0n) is 14.7. The monoisotopic (exact) mass is 492 g/mol. The Bertz CT molecular complexity index is 1100. The van der Waals surface area contributed by atoms with Crippen LogP contribution in [-0.2, 0) is 0 Å². The lowest BCUT2D eigenvalue weighted by Crippen LogP contribution is -2.02. The van der Waals surface area contributed by atoms with Crippen LogP contribution < -0.4 is 0 Å². The molecule has 0 radical (unpaired) electrons. The number of hydrogen-bond acceptors (Lipinski definition) is 2. The summed E-state index contributed by atoms with van der Waals surface area (Å²) in [5, 5.41) is 1.85. The smallest absolute Gasteiger partial charge is 0.193 e. The number of carbonyl (C=O) groups is 2. The lowest BCUT2D eigenvalue weighted by atomic mass is 9.97. The molecule has 28 heavy (non-hydrogen) atoms. The summed E-state index contributed by atoms with van der Waals surface area (Å²) < 4.78 is 1.87. The Balaban J connectivity index is 1.65. The minimum absolute atomic E-state index is 0.0237. The number of hydrogen-bond donors (Lipinski definition) is 0. The van der Waals surface area contributed by atoms with E-state index in [1.807, 2.05) is 48.5 Å². The van der Waals surface area contributed by atoms with Gasteiger partial charge in [0.2, 0.25) is 0 Å². The largest absolute Gasteiger partial charge is 0.289 e. The average Bonchev–Trinajstić information content (AvgIpc) is 2.73. The van der Waals surface area contributed by atoms with Gasteiger partial charge in [-0.1, -0.05) is 56.1 Å². The molecule has 0 spiro atoms. The molecule has 0 fully saturated rings. The van der Waals surface area contributed by atoms with Crippen molar-refractivity contribution in [3.05, 3.63) is 116 Å². The maximum absolute atomic E-state index is 12.7. The Morgan fingerprint density at radius 2 is 0.786 bits per heavy atom. The van der Waals surface area contributed by atoms with Gasteiger partial charge in [-0.2, -0.15) is 0 Å². The van der Waals surface area contributed by atoms with Crippen molar-refractivity contribution in [1.82, 2.24) is 0 Å². The van der Waals surface area contributed by atoms with Crippen LogP contribution in [0, 0.1) is 0 Å². The summed E-state index contributed by atoms with van der Waals surface area (Å²) in [4.78, 5) is 25.4. The fourth-order valence-corrected chi connectivity index (χ4v) is 3.59. The molecule has 0 aromatic heterocycles. The molecular formula is C24H14Br2O2. The van der Waals surface area contributed by atoms with Gasteiger partial charge >= 0.3 is 0 Å². The Labute approximate surface area is 179 Å². The molecule has 4 aromatic carbocycles. The van der Waals surface area contributed by atoms with Crippen LogP contribution in [0.1, 0.15) is 31.8 Å². The summed E-state index contributed by atoms with van der Waals surface area (Å²) in [6, 6.07) is 25.8. The second-order valence-corrected chi connectivity index (χ2v) is 8.28. The second kappa shape index (κ2) is 7.82. The van der Waals surface area contributed by atoms with Gasteiger partial charge in [-0.05, 0) is 71.4 Å². The number of ketones is 2. The van der Waals surface area contributed by atoms with Gasteiger partial charge in [0.1, 0.15) is 0 Å². The third-order valence-corrected chi connectivity index (χ3v) is 5.63. The molecule has 0 saturated heterocycles. The van der Waals surface area contributed by atoms with Crippen molar-refractivity contribution in [1.29, 1.82) is 0 Å². The normalized spacial score (nSPS) is 10.8. The van der Waals surface area contributed by atoms with Crippen molar-refractivity contribution < 1.29 is 9.59 Å². The van der Waals surface area contributed by atoms with Gasteiger partial charge in [0.05, 0.1) is 0 Å². The van der Waals surface area contributed by atoms with E-state index in [0.717, 1.165) is 19.7 Å². The average molecular weight is 494 g/mol. The van der Waals surface area contributed by atoms with E-state index < -0.39 is 0 Å². The highest BCUT2D eigenvalue weighted by molar-refractivity contribution is 9.10. The van der Waals surface area contributed by atoms with Crippen molar-refractivity contribution in [2.45, 2.75) is 0 Å². The molecule has 0 N–H and O–H groups in total. The maximum atomic E-state index is 12.7. The molecule has 0 atom stereocenters. The molecule has 0 amide bonds. The fraction of sp³-hybridized carbons (Fsp3) is 0. The van der Waals surface area contributed by atoms with Gasteiger partial charge in [-0.25, -0.2) is 0 Å². The summed E-state index contributed by atoms with van der Waals surface area (Å²) >= 11 is 6.76. The van der Waals surface area contributed by atoms with Gasteiger partial charge in [0, 0.05) is 31.2 Å². The van der Waals surface area contributed by atoms with Gasteiger partial charge < -0.3 is 0 Å². The van der Waals surface area contributed by atoms with Gasteiger partial charge in [0.15, 0.2) is 11.6 Å². The van der Waals surface area contributed by atoms with Crippen molar-refractivity contribution in [2.24, 2.45) is 0 Å². The molecule has 0 bridgehead atoms. The first-order valence-corrected chi connectivity index (χ1v) is 10.2. The second-order valence-electron chi connectivity index (χ2n) is 6.45. The van der Waals surface area contributed by atoms with E-state index in [1.54, 1.807) is 36.4 Å². The van der Waals surface area contributed by atoms with Crippen LogP contribution in [0.15, 0.2) is 93.9 Å². The molecule has 4 rings (SSSR count). The minimum Gasteiger partial charge on any atom is -0.289 e. The van der Waals surface area contributed by atoms with Crippen LogP contribution in [-0.4, -0.2) is 11.6 Å². The van der Waals surface area contributed by atoms with Crippen LogP contribution in [0.25, 0.3) is 10.8 Å². The lowest BCUT2D eigenvalue weighted by molar-refractivity contribution is 0.103. The van der Waals surface area contributed by atoms with Gasteiger partial charge in [-0.15, -0.1) is 0 Å².